The van der Waals surface area contributed by atoms with Crippen LogP contribution in [0.1, 0.15) is 33.3 Å². The minimum Gasteiger partial charge on any atom is -0.491 e. The molecule has 9 heteroatoms. The number of nitrogens with zero attached hydrogens (tertiary/aromatic N) is 1. The van der Waals surface area contributed by atoms with Gasteiger partial charge in [-0.15, -0.1) is 0 Å². The summed E-state index contributed by atoms with van der Waals surface area (Å²) in [6.45, 7) is 8.27. The topological polar surface area (TPSA) is 75.7 Å². The van der Waals surface area contributed by atoms with Gasteiger partial charge < -0.3 is 10.1 Å². The Balaban J connectivity index is 2.05. The normalized spacial score (nSPS) is 12.9. The second kappa shape index (κ2) is 10.1. The lowest BCUT2D eigenvalue weighted by atomic mass is 9.86. The molecular weight excluding hydrogens is 459 g/mol. The number of benzene rings is 2. The van der Waals surface area contributed by atoms with Crippen LogP contribution < -0.4 is 14.4 Å². The first kappa shape index (κ1) is 25.3. The van der Waals surface area contributed by atoms with Gasteiger partial charge in [0.2, 0.25) is 15.9 Å². The standard InChI is InChI=1S/C22H28Cl2N2O4S/c1-15(26(31(5,28)29)16-10-11-18(23)19(24)14-16)21(27)25-12-13-30-20-9-7-6-8-17(20)22(2,3)4/h6-11,14-15H,12-13H2,1-5H3,(H,25,27). The highest BCUT2D eigenvalue weighted by molar-refractivity contribution is 7.92. The second-order valence-electron chi connectivity index (χ2n) is 8.22. The fraction of sp³-hybridized carbons (Fsp3) is 0.409. The zero-order valence-electron chi connectivity index (χ0n) is 18.3. The third-order valence-electron chi connectivity index (χ3n) is 4.60. The summed E-state index contributed by atoms with van der Waals surface area (Å²) in [7, 11) is -3.75. The molecule has 2 aromatic rings. The molecule has 2 aromatic carbocycles. The summed E-state index contributed by atoms with van der Waals surface area (Å²) in [4.78, 5) is 12.7. The molecule has 31 heavy (non-hydrogen) atoms. The maximum atomic E-state index is 12.7. The van der Waals surface area contributed by atoms with Crippen LogP contribution in [0.3, 0.4) is 0 Å². The van der Waals surface area contributed by atoms with E-state index >= 15 is 0 Å². The zero-order valence-corrected chi connectivity index (χ0v) is 20.6. The summed E-state index contributed by atoms with van der Waals surface area (Å²) in [5.41, 5.74) is 1.25. The van der Waals surface area contributed by atoms with Crippen LogP contribution in [0.2, 0.25) is 10.0 Å². The van der Waals surface area contributed by atoms with Crippen molar-refractivity contribution in [1.82, 2.24) is 5.32 Å². The van der Waals surface area contributed by atoms with Crippen LogP contribution in [-0.2, 0) is 20.2 Å². The van der Waals surface area contributed by atoms with E-state index in [1.807, 2.05) is 24.3 Å². The maximum Gasteiger partial charge on any atom is 0.243 e. The van der Waals surface area contributed by atoms with E-state index in [1.54, 1.807) is 0 Å². The van der Waals surface area contributed by atoms with Crippen molar-refractivity contribution in [3.63, 3.8) is 0 Å². The molecule has 0 aliphatic rings. The number of halogens is 2. The Labute approximate surface area is 194 Å². The number of hydrogen-bond acceptors (Lipinski definition) is 4. The number of rotatable bonds is 8. The summed E-state index contributed by atoms with van der Waals surface area (Å²) in [6.07, 6.45) is 1.03. The highest BCUT2D eigenvalue weighted by Gasteiger charge is 2.29. The van der Waals surface area contributed by atoms with Gasteiger partial charge in [0.15, 0.2) is 0 Å². The van der Waals surface area contributed by atoms with Gasteiger partial charge in [0.05, 0.1) is 28.5 Å². The number of anilines is 1. The van der Waals surface area contributed by atoms with Crippen LogP contribution in [0, 0.1) is 0 Å². The molecule has 0 aliphatic carbocycles. The number of nitrogens with one attached hydrogen (secondary N) is 1. The Morgan fingerprint density at radius 3 is 2.35 bits per heavy atom. The van der Waals surface area contributed by atoms with Crippen LogP contribution in [0.15, 0.2) is 42.5 Å². The predicted octanol–water partition coefficient (Wildman–Crippen LogP) is 4.64. The van der Waals surface area contributed by atoms with Gasteiger partial charge in [-0.2, -0.15) is 0 Å². The van der Waals surface area contributed by atoms with E-state index < -0.39 is 22.0 Å². The highest BCUT2D eigenvalue weighted by atomic mass is 35.5. The van der Waals surface area contributed by atoms with Gasteiger partial charge >= 0.3 is 0 Å². The largest absolute Gasteiger partial charge is 0.491 e. The molecule has 170 valence electrons. The number of sulfonamides is 1. The molecule has 0 spiro atoms. The third kappa shape index (κ3) is 6.76. The molecule has 6 nitrogen and oxygen atoms in total. The van der Waals surface area contributed by atoms with Gasteiger partial charge in [-0.25, -0.2) is 8.42 Å². The van der Waals surface area contributed by atoms with Crippen LogP contribution in [0.4, 0.5) is 5.69 Å². The Kier molecular flexibility index (Phi) is 8.25. The van der Waals surface area contributed by atoms with Crippen molar-refractivity contribution in [1.29, 1.82) is 0 Å². The number of carbonyl (C=O) groups is 1. The highest BCUT2D eigenvalue weighted by Crippen LogP contribution is 2.31. The molecule has 1 atom stereocenters. The summed E-state index contributed by atoms with van der Waals surface area (Å²) in [5, 5.41) is 3.23. The minimum absolute atomic E-state index is 0.0792. The van der Waals surface area contributed by atoms with Crippen molar-refractivity contribution in [2.75, 3.05) is 23.7 Å². The smallest absolute Gasteiger partial charge is 0.243 e. The van der Waals surface area contributed by atoms with Crippen molar-refractivity contribution >= 4 is 44.8 Å². The summed E-state index contributed by atoms with van der Waals surface area (Å²) in [5.74, 6) is 0.301. The lowest BCUT2D eigenvalue weighted by molar-refractivity contribution is -0.121. The molecule has 0 aromatic heterocycles. The van der Waals surface area contributed by atoms with Gasteiger partial charge in [0, 0.05) is 0 Å². The van der Waals surface area contributed by atoms with E-state index in [0.717, 1.165) is 21.9 Å². The Morgan fingerprint density at radius 2 is 1.77 bits per heavy atom. The zero-order chi connectivity index (χ0) is 23.4. The van der Waals surface area contributed by atoms with Crippen LogP contribution in [0.5, 0.6) is 5.75 Å². The molecule has 0 fully saturated rings. The van der Waals surface area contributed by atoms with Crippen LogP contribution in [-0.4, -0.2) is 39.8 Å². The van der Waals surface area contributed by atoms with Crippen molar-refractivity contribution in [3.8, 4) is 5.75 Å². The lowest BCUT2D eigenvalue weighted by Gasteiger charge is -2.28. The average molecular weight is 487 g/mol. The number of hydrogen-bond donors (Lipinski definition) is 1. The van der Waals surface area contributed by atoms with Gasteiger partial charge in [-0.05, 0) is 42.2 Å². The average Bonchev–Trinajstić information content (AvgIpc) is 2.66. The third-order valence-corrected chi connectivity index (χ3v) is 6.58. The summed E-state index contributed by atoms with van der Waals surface area (Å²) >= 11 is 11.9. The van der Waals surface area contributed by atoms with Crippen molar-refractivity contribution in [2.24, 2.45) is 0 Å². The van der Waals surface area contributed by atoms with Crippen LogP contribution in [0.25, 0.3) is 0 Å². The lowest BCUT2D eigenvalue weighted by Crippen LogP contribution is -2.48. The molecule has 0 aliphatic heterocycles. The number of amides is 1. The second-order valence-corrected chi connectivity index (χ2v) is 10.9. The summed E-state index contributed by atoms with van der Waals surface area (Å²) < 4.78 is 31.6. The molecule has 1 amide bonds. The van der Waals surface area contributed by atoms with E-state index in [0.29, 0.717) is 5.02 Å². The number of para-hydroxylation sites is 1. The first-order valence-electron chi connectivity index (χ1n) is 9.77. The van der Waals surface area contributed by atoms with Crippen molar-refractivity contribution in [3.05, 3.63) is 58.1 Å². The molecule has 0 saturated carbocycles. The molecule has 0 heterocycles. The first-order valence-corrected chi connectivity index (χ1v) is 12.4. The van der Waals surface area contributed by atoms with E-state index in [2.05, 4.69) is 26.1 Å². The Bertz CT molecular complexity index is 1040. The number of ether oxygens (including phenoxy) is 1. The minimum atomic E-state index is -3.75. The Morgan fingerprint density at radius 1 is 1.13 bits per heavy atom. The molecular formula is C22H28Cl2N2O4S. The fourth-order valence-corrected chi connectivity index (χ4v) is 4.58. The van der Waals surface area contributed by atoms with Gasteiger partial charge in [-0.1, -0.05) is 62.2 Å². The molecule has 0 radical (unpaired) electrons. The Hall–Kier alpha value is -1.96. The van der Waals surface area contributed by atoms with Crippen molar-refractivity contribution in [2.45, 2.75) is 39.2 Å². The van der Waals surface area contributed by atoms with Gasteiger partial charge in [-0.3, -0.25) is 9.10 Å². The van der Waals surface area contributed by atoms with E-state index in [4.69, 9.17) is 27.9 Å². The van der Waals surface area contributed by atoms with E-state index in [9.17, 15) is 13.2 Å². The van der Waals surface area contributed by atoms with Crippen molar-refractivity contribution < 1.29 is 17.9 Å². The quantitative estimate of drug-likeness (QED) is 0.551. The van der Waals surface area contributed by atoms with Crippen LogP contribution >= 0.6 is 23.2 Å². The molecule has 1 unspecified atom stereocenters. The first-order chi connectivity index (χ1) is 14.3. The van der Waals surface area contributed by atoms with Gasteiger partial charge in [0.25, 0.3) is 0 Å². The maximum absolute atomic E-state index is 12.7. The number of carbonyl (C=O) groups excluding carboxylic acids is 1. The van der Waals surface area contributed by atoms with E-state index in [1.165, 1.54) is 25.1 Å². The molecule has 0 bridgehead atoms. The van der Waals surface area contributed by atoms with Gasteiger partial charge in [0.1, 0.15) is 18.4 Å². The van der Waals surface area contributed by atoms with E-state index in [-0.39, 0.29) is 29.3 Å². The predicted molar refractivity (Wildman–Crippen MR) is 127 cm³/mol. The fourth-order valence-electron chi connectivity index (χ4n) is 3.13. The SMILES string of the molecule is CC(C(=O)NCCOc1ccccc1C(C)(C)C)N(c1ccc(Cl)c(Cl)c1)S(C)(=O)=O. The molecule has 2 rings (SSSR count). The molecule has 0 saturated heterocycles. The monoisotopic (exact) mass is 486 g/mol. The summed E-state index contributed by atoms with van der Waals surface area (Å²) in [6, 6.07) is 11.2. The molecule has 1 N–H and O–H groups in total.